The number of aryl methyl sites for hydroxylation is 1. The van der Waals surface area contributed by atoms with Gasteiger partial charge in [0.05, 0.1) is 10.7 Å². The summed E-state index contributed by atoms with van der Waals surface area (Å²) in [6.45, 7) is 1.94. The van der Waals surface area contributed by atoms with Crippen LogP contribution in [0, 0.1) is 6.92 Å². The van der Waals surface area contributed by atoms with Crippen molar-refractivity contribution in [3.8, 4) is 0 Å². The first kappa shape index (κ1) is 11.6. The zero-order valence-corrected chi connectivity index (χ0v) is 11.6. The lowest BCUT2D eigenvalue weighted by molar-refractivity contribution is 0.101. The zero-order valence-electron chi connectivity index (χ0n) is 8.46. The molecular weight excluding hydrogens is 336 g/mol. The minimum absolute atomic E-state index is 0.132. The highest BCUT2D eigenvalue weighted by Gasteiger charge is 2.18. The SMILES string of the molecule is Cc1cccc(C(=O)c2occc2Br)c1Br. The molecule has 2 rings (SSSR count). The van der Waals surface area contributed by atoms with Gasteiger partial charge in [0.25, 0.3) is 0 Å². The first-order chi connectivity index (χ1) is 7.61. The molecule has 1 heterocycles. The second-order valence-electron chi connectivity index (χ2n) is 3.36. The van der Waals surface area contributed by atoms with Gasteiger partial charge in [-0.15, -0.1) is 0 Å². The van der Waals surface area contributed by atoms with Gasteiger partial charge in [-0.25, -0.2) is 0 Å². The van der Waals surface area contributed by atoms with Gasteiger partial charge in [0.1, 0.15) is 0 Å². The molecule has 16 heavy (non-hydrogen) atoms. The van der Waals surface area contributed by atoms with Crippen LogP contribution < -0.4 is 0 Å². The summed E-state index contributed by atoms with van der Waals surface area (Å²) in [5.41, 5.74) is 1.63. The van der Waals surface area contributed by atoms with E-state index >= 15 is 0 Å². The molecular formula is C12H8Br2O2. The quantitative estimate of drug-likeness (QED) is 0.759. The lowest BCUT2D eigenvalue weighted by atomic mass is 10.1. The fourth-order valence-electron chi connectivity index (χ4n) is 1.40. The Morgan fingerprint density at radius 2 is 2.00 bits per heavy atom. The van der Waals surface area contributed by atoms with E-state index in [1.165, 1.54) is 6.26 Å². The van der Waals surface area contributed by atoms with E-state index < -0.39 is 0 Å². The minimum Gasteiger partial charge on any atom is -0.460 e. The van der Waals surface area contributed by atoms with Crippen LogP contribution in [-0.4, -0.2) is 5.78 Å². The highest BCUT2D eigenvalue weighted by atomic mass is 79.9. The lowest BCUT2D eigenvalue weighted by Gasteiger charge is -2.04. The van der Waals surface area contributed by atoms with Gasteiger partial charge in [-0.2, -0.15) is 0 Å². The highest BCUT2D eigenvalue weighted by Crippen LogP contribution is 2.27. The molecule has 0 saturated heterocycles. The van der Waals surface area contributed by atoms with Crippen molar-refractivity contribution in [2.75, 3.05) is 0 Å². The third kappa shape index (κ3) is 1.99. The Morgan fingerprint density at radius 1 is 1.25 bits per heavy atom. The lowest BCUT2D eigenvalue weighted by Crippen LogP contribution is -2.02. The smallest absolute Gasteiger partial charge is 0.230 e. The van der Waals surface area contributed by atoms with Crippen LogP contribution >= 0.6 is 31.9 Å². The number of furan rings is 1. The molecule has 4 heteroatoms. The molecule has 0 atom stereocenters. The van der Waals surface area contributed by atoms with Gasteiger partial charge < -0.3 is 4.42 Å². The molecule has 1 aromatic heterocycles. The molecule has 0 amide bonds. The maximum atomic E-state index is 12.1. The van der Waals surface area contributed by atoms with E-state index in [-0.39, 0.29) is 5.78 Å². The predicted octanol–water partition coefficient (Wildman–Crippen LogP) is 4.34. The van der Waals surface area contributed by atoms with Crippen LogP contribution in [0.1, 0.15) is 21.7 Å². The molecule has 0 aliphatic carbocycles. The molecule has 0 saturated carbocycles. The molecule has 1 aromatic carbocycles. The molecule has 0 aliphatic heterocycles. The zero-order chi connectivity index (χ0) is 11.7. The standard InChI is InChI=1S/C12H8Br2O2/c1-7-3-2-4-8(10(7)14)11(15)12-9(13)5-6-16-12/h2-6H,1H3. The first-order valence-electron chi connectivity index (χ1n) is 4.64. The summed E-state index contributed by atoms with van der Waals surface area (Å²) in [6, 6.07) is 7.27. The fourth-order valence-corrected chi connectivity index (χ4v) is 2.23. The van der Waals surface area contributed by atoms with Crippen molar-refractivity contribution < 1.29 is 9.21 Å². The molecule has 2 aromatic rings. The van der Waals surface area contributed by atoms with E-state index in [2.05, 4.69) is 31.9 Å². The van der Waals surface area contributed by atoms with Gasteiger partial charge in [-0.1, -0.05) is 12.1 Å². The van der Waals surface area contributed by atoms with Crippen LogP contribution in [0.4, 0.5) is 0 Å². The van der Waals surface area contributed by atoms with Crippen molar-refractivity contribution >= 4 is 37.6 Å². The molecule has 0 N–H and O–H groups in total. The van der Waals surface area contributed by atoms with Gasteiger partial charge in [0.15, 0.2) is 5.76 Å². The Bertz CT molecular complexity index is 544. The third-order valence-electron chi connectivity index (χ3n) is 2.26. The van der Waals surface area contributed by atoms with E-state index in [4.69, 9.17) is 4.42 Å². The summed E-state index contributed by atoms with van der Waals surface area (Å²) in [5, 5.41) is 0. The van der Waals surface area contributed by atoms with Crippen LogP contribution in [0.15, 0.2) is 43.9 Å². The van der Waals surface area contributed by atoms with Crippen LogP contribution in [-0.2, 0) is 0 Å². The summed E-state index contributed by atoms with van der Waals surface area (Å²) in [6.07, 6.45) is 1.49. The molecule has 0 fully saturated rings. The van der Waals surface area contributed by atoms with E-state index in [9.17, 15) is 4.79 Å². The van der Waals surface area contributed by atoms with Gasteiger partial charge in [0, 0.05) is 10.0 Å². The van der Waals surface area contributed by atoms with Crippen molar-refractivity contribution in [1.29, 1.82) is 0 Å². The van der Waals surface area contributed by atoms with Crippen molar-refractivity contribution in [3.05, 3.63) is 56.4 Å². The maximum Gasteiger partial charge on any atom is 0.230 e. The molecule has 0 radical (unpaired) electrons. The maximum absolute atomic E-state index is 12.1. The summed E-state index contributed by atoms with van der Waals surface area (Å²) in [4.78, 5) is 12.1. The summed E-state index contributed by atoms with van der Waals surface area (Å²) in [5.74, 6) is 0.193. The minimum atomic E-state index is -0.132. The molecule has 0 spiro atoms. The number of carbonyl (C=O) groups excluding carboxylic acids is 1. The van der Waals surface area contributed by atoms with Crippen molar-refractivity contribution in [2.45, 2.75) is 6.92 Å². The van der Waals surface area contributed by atoms with Crippen molar-refractivity contribution in [2.24, 2.45) is 0 Å². The Labute approximate surface area is 110 Å². The first-order valence-corrected chi connectivity index (χ1v) is 6.22. The summed E-state index contributed by atoms with van der Waals surface area (Å²) < 4.78 is 6.64. The number of hydrogen-bond donors (Lipinski definition) is 0. The number of ketones is 1. The summed E-state index contributed by atoms with van der Waals surface area (Å²) >= 11 is 6.69. The highest BCUT2D eigenvalue weighted by molar-refractivity contribution is 9.11. The molecule has 2 nitrogen and oxygen atoms in total. The normalized spacial score (nSPS) is 10.4. The van der Waals surface area contributed by atoms with Gasteiger partial charge in [-0.05, 0) is 56.5 Å². The van der Waals surface area contributed by atoms with E-state index in [1.807, 2.05) is 19.1 Å². The van der Waals surface area contributed by atoms with Gasteiger partial charge in [-0.3, -0.25) is 4.79 Å². The van der Waals surface area contributed by atoms with E-state index in [1.54, 1.807) is 12.1 Å². The summed E-state index contributed by atoms with van der Waals surface area (Å²) in [7, 11) is 0. The van der Waals surface area contributed by atoms with Crippen molar-refractivity contribution in [1.82, 2.24) is 0 Å². The van der Waals surface area contributed by atoms with Crippen molar-refractivity contribution in [3.63, 3.8) is 0 Å². The average Bonchev–Trinajstić information content (AvgIpc) is 2.68. The topological polar surface area (TPSA) is 30.2 Å². The Morgan fingerprint density at radius 3 is 2.62 bits per heavy atom. The van der Waals surface area contributed by atoms with Crippen LogP contribution in [0.2, 0.25) is 0 Å². The monoisotopic (exact) mass is 342 g/mol. The number of carbonyl (C=O) groups is 1. The van der Waals surface area contributed by atoms with E-state index in [0.29, 0.717) is 15.8 Å². The second-order valence-corrected chi connectivity index (χ2v) is 5.01. The second kappa shape index (κ2) is 4.55. The Hall–Kier alpha value is -0.870. The predicted molar refractivity (Wildman–Crippen MR) is 68.7 cm³/mol. The van der Waals surface area contributed by atoms with Gasteiger partial charge in [0.2, 0.25) is 5.78 Å². The van der Waals surface area contributed by atoms with Crippen LogP contribution in [0.25, 0.3) is 0 Å². The Kier molecular flexibility index (Phi) is 3.30. The van der Waals surface area contributed by atoms with Gasteiger partial charge >= 0.3 is 0 Å². The van der Waals surface area contributed by atoms with E-state index in [0.717, 1.165) is 10.0 Å². The molecule has 0 bridgehead atoms. The number of hydrogen-bond acceptors (Lipinski definition) is 2. The third-order valence-corrected chi connectivity index (χ3v) is 3.94. The largest absolute Gasteiger partial charge is 0.460 e. The number of benzene rings is 1. The number of rotatable bonds is 2. The number of halogens is 2. The van der Waals surface area contributed by atoms with Crippen LogP contribution in [0.5, 0.6) is 0 Å². The average molecular weight is 344 g/mol. The fraction of sp³-hybridized carbons (Fsp3) is 0.0833. The molecule has 0 aliphatic rings. The van der Waals surface area contributed by atoms with Crippen LogP contribution in [0.3, 0.4) is 0 Å². The molecule has 0 unspecified atom stereocenters. The molecule has 82 valence electrons. The Balaban J connectivity index is 2.50.